The summed E-state index contributed by atoms with van der Waals surface area (Å²) >= 11 is 13.7. The number of nitrogens with one attached hydrogen (secondary N) is 1. The van der Waals surface area contributed by atoms with E-state index in [-0.39, 0.29) is 35.8 Å². The van der Waals surface area contributed by atoms with Crippen LogP contribution in [0.5, 0.6) is 0 Å². The molecule has 0 unspecified atom stereocenters. The maximum absolute atomic E-state index is 14.1. The Morgan fingerprint density at radius 1 is 0.946 bits per heavy atom. The first kappa shape index (κ1) is 29.0. The van der Waals surface area contributed by atoms with Gasteiger partial charge in [0.15, 0.2) is 0 Å². The first-order valence-electron chi connectivity index (χ1n) is 12.1. The minimum atomic E-state index is -0.739. The molecule has 1 N–H and O–H groups in total. The van der Waals surface area contributed by atoms with Crippen molar-refractivity contribution in [1.82, 2.24) is 10.2 Å². The molecule has 2 amide bonds. The van der Waals surface area contributed by atoms with Crippen LogP contribution < -0.4 is 5.32 Å². The molecule has 37 heavy (non-hydrogen) atoms. The molecule has 0 saturated heterocycles. The summed E-state index contributed by atoms with van der Waals surface area (Å²) in [6.45, 7) is 4.72. The van der Waals surface area contributed by atoms with Crippen LogP contribution >= 0.6 is 35.0 Å². The molecule has 0 aliphatic carbocycles. The van der Waals surface area contributed by atoms with Crippen molar-refractivity contribution in [1.29, 1.82) is 0 Å². The summed E-state index contributed by atoms with van der Waals surface area (Å²) in [7, 11) is 0. The van der Waals surface area contributed by atoms with Crippen LogP contribution in [0.2, 0.25) is 10.0 Å². The molecule has 196 valence electrons. The highest BCUT2D eigenvalue weighted by Gasteiger charge is 2.30. The molecule has 0 heterocycles. The van der Waals surface area contributed by atoms with Gasteiger partial charge in [0.2, 0.25) is 11.8 Å². The molecule has 0 aromatic heterocycles. The van der Waals surface area contributed by atoms with Crippen molar-refractivity contribution in [3.05, 3.63) is 105 Å². The van der Waals surface area contributed by atoms with Crippen LogP contribution in [0.15, 0.2) is 72.8 Å². The molecule has 0 fully saturated rings. The van der Waals surface area contributed by atoms with Crippen LogP contribution in [0.4, 0.5) is 4.39 Å². The Morgan fingerprint density at radius 2 is 1.65 bits per heavy atom. The van der Waals surface area contributed by atoms with Gasteiger partial charge in [-0.3, -0.25) is 9.59 Å². The number of amides is 2. The third kappa shape index (κ3) is 9.06. The van der Waals surface area contributed by atoms with E-state index in [1.165, 1.54) is 17.8 Å². The first-order chi connectivity index (χ1) is 17.7. The molecule has 0 aliphatic rings. The van der Waals surface area contributed by atoms with Gasteiger partial charge in [-0.15, -0.1) is 11.8 Å². The molecule has 3 aromatic carbocycles. The molecule has 0 aliphatic heterocycles. The van der Waals surface area contributed by atoms with Crippen molar-refractivity contribution < 1.29 is 14.0 Å². The smallest absolute Gasteiger partial charge is 0.243 e. The molecular weight excluding hydrogens is 530 g/mol. The maximum atomic E-state index is 14.1. The number of rotatable bonds is 12. The Labute approximate surface area is 232 Å². The summed E-state index contributed by atoms with van der Waals surface area (Å²) in [4.78, 5) is 28.7. The molecule has 4 nitrogen and oxygen atoms in total. The average Bonchev–Trinajstić information content (AvgIpc) is 2.88. The topological polar surface area (TPSA) is 49.4 Å². The summed E-state index contributed by atoms with van der Waals surface area (Å²) in [5, 5.41) is 3.79. The van der Waals surface area contributed by atoms with E-state index in [0.717, 1.165) is 11.1 Å². The zero-order valence-corrected chi connectivity index (χ0v) is 23.3. The van der Waals surface area contributed by atoms with Gasteiger partial charge in [-0.05, 0) is 40.8 Å². The fourth-order valence-corrected chi connectivity index (χ4v) is 4.98. The maximum Gasteiger partial charge on any atom is 0.243 e. The highest BCUT2D eigenvalue weighted by atomic mass is 35.5. The van der Waals surface area contributed by atoms with E-state index >= 15 is 0 Å². The zero-order valence-electron chi connectivity index (χ0n) is 20.9. The number of carbonyl (C=O) groups is 2. The van der Waals surface area contributed by atoms with Crippen molar-refractivity contribution >= 4 is 46.8 Å². The lowest BCUT2D eigenvalue weighted by atomic mass is 10.0. The second kappa shape index (κ2) is 14.4. The third-order valence-electron chi connectivity index (χ3n) is 5.73. The van der Waals surface area contributed by atoms with E-state index in [1.54, 1.807) is 41.3 Å². The molecule has 0 radical (unpaired) electrons. The predicted octanol–water partition coefficient (Wildman–Crippen LogP) is 6.78. The predicted molar refractivity (Wildman–Crippen MR) is 151 cm³/mol. The second-order valence-electron chi connectivity index (χ2n) is 9.20. The monoisotopic (exact) mass is 560 g/mol. The number of hydrogen-bond acceptors (Lipinski definition) is 3. The Morgan fingerprint density at radius 3 is 2.32 bits per heavy atom. The molecule has 8 heteroatoms. The number of hydrogen-bond donors (Lipinski definition) is 1. The second-order valence-corrected chi connectivity index (χ2v) is 11.0. The van der Waals surface area contributed by atoms with Gasteiger partial charge >= 0.3 is 0 Å². The fraction of sp³-hybridized carbons (Fsp3) is 0.310. The number of benzene rings is 3. The standard InChI is InChI=1S/C29H31Cl2FN2O2S/c1-20(2)16-33-29(36)27(15-21-8-4-3-5-9-21)34(17-22-12-13-24(30)25(31)14-22)28(35)19-37-18-23-10-6-7-11-26(23)32/h3-14,20,27H,15-19H2,1-2H3,(H,33,36)/t27-/m1/s1. The Bertz CT molecular complexity index is 1190. The van der Waals surface area contributed by atoms with Crippen LogP contribution in [-0.4, -0.2) is 35.1 Å². The van der Waals surface area contributed by atoms with Gasteiger partial charge in [-0.2, -0.15) is 0 Å². The van der Waals surface area contributed by atoms with E-state index in [4.69, 9.17) is 23.2 Å². The fourth-order valence-electron chi connectivity index (χ4n) is 3.76. The van der Waals surface area contributed by atoms with Crippen LogP contribution in [-0.2, 0) is 28.3 Å². The summed E-state index contributed by atoms with van der Waals surface area (Å²) in [5.41, 5.74) is 2.24. The van der Waals surface area contributed by atoms with Crippen molar-refractivity contribution in [2.75, 3.05) is 12.3 Å². The molecule has 0 bridgehead atoms. The lowest BCUT2D eigenvalue weighted by Gasteiger charge is -2.32. The molecular formula is C29H31Cl2FN2O2S. The van der Waals surface area contributed by atoms with E-state index < -0.39 is 6.04 Å². The van der Waals surface area contributed by atoms with Gasteiger partial charge in [-0.1, -0.05) is 91.6 Å². The Balaban J connectivity index is 1.87. The van der Waals surface area contributed by atoms with Crippen LogP contribution in [0.25, 0.3) is 0 Å². The molecule has 0 saturated carbocycles. The van der Waals surface area contributed by atoms with E-state index in [2.05, 4.69) is 5.32 Å². The van der Waals surface area contributed by atoms with Crippen molar-refractivity contribution in [2.45, 2.75) is 38.6 Å². The Hall–Kier alpha value is -2.54. The quantitative estimate of drug-likeness (QED) is 0.265. The minimum absolute atomic E-state index is 0.0956. The van der Waals surface area contributed by atoms with E-state index in [0.29, 0.717) is 34.3 Å². The summed E-state index contributed by atoms with van der Waals surface area (Å²) in [5.74, 6) is -0.0273. The van der Waals surface area contributed by atoms with Gasteiger partial charge in [0.1, 0.15) is 11.9 Å². The molecule has 1 atom stereocenters. The van der Waals surface area contributed by atoms with Crippen LogP contribution in [0.3, 0.4) is 0 Å². The normalized spacial score (nSPS) is 11.8. The Kier molecular flexibility index (Phi) is 11.3. The van der Waals surface area contributed by atoms with E-state index in [9.17, 15) is 14.0 Å². The summed E-state index contributed by atoms with van der Waals surface area (Å²) < 4.78 is 14.1. The number of halogens is 3. The van der Waals surface area contributed by atoms with Gasteiger partial charge in [0, 0.05) is 25.3 Å². The minimum Gasteiger partial charge on any atom is -0.354 e. The highest BCUT2D eigenvalue weighted by Crippen LogP contribution is 2.25. The van der Waals surface area contributed by atoms with Gasteiger partial charge in [0.25, 0.3) is 0 Å². The number of nitrogens with zero attached hydrogens (tertiary/aromatic N) is 1. The summed E-state index contributed by atoms with van der Waals surface area (Å²) in [6, 6.07) is 20.6. The first-order valence-corrected chi connectivity index (χ1v) is 14.0. The zero-order chi connectivity index (χ0) is 26.8. The highest BCUT2D eigenvalue weighted by molar-refractivity contribution is 7.99. The van der Waals surface area contributed by atoms with E-state index in [1.807, 2.05) is 44.2 Å². The molecule has 0 spiro atoms. The van der Waals surface area contributed by atoms with Crippen LogP contribution in [0.1, 0.15) is 30.5 Å². The molecule has 3 rings (SSSR count). The van der Waals surface area contributed by atoms with Gasteiger partial charge in [-0.25, -0.2) is 4.39 Å². The van der Waals surface area contributed by atoms with Crippen molar-refractivity contribution in [3.8, 4) is 0 Å². The third-order valence-corrected chi connectivity index (χ3v) is 7.44. The SMILES string of the molecule is CC(C)CNC(=O)[C@@H](Cc1ccccc1)N(Cc1ccc(Cl)c(Cl)c1)C(=O)CSCc1ccccc1F. The largest absolute Gasteiger partial charge is 0.354 e. The molecule has 3 aromatic rings. The number of carbonyl (C=O) groups excluding carboxylic acids is 2. The number of thioether (sulfide) groups is 1. The average molecular weight is 562 g/mol. The van der Waals surface area contributed by atoms with Crippen molar-refractivity contribution in [3.63, 3.8) is 0 Å². The van der Waals surface area contributed by atoms with Crippen LogP contribution in [0, 0.1) is 11.7 Å². The lowest BCUT2D eigenvalue weighted by molar-refractivity contribution is -0.139. The van der Waals surface area contributed by atoms with Crippen molar-refractivity contribution in [2.24, 2.45) is 5.92 Å². The summed E-state index contributed by atoms with van der Waals surface area (Å²) in [6.07, 6.45) is 0.357. The lowest BCUT2D eigenvalue weighted by Crippen LogP contribution is -2.51. The van der Waals surface area contributed by atoms with Gasteiger partial charge in [0.05, 0.1) is 15.8 Å². The van der Waals surface area contributed by atoms with Gasteiger partial charge < -0.3 is 10.2 Å².